The van der Waals surface area contributed by atoms with Crippen molar-refractivity contribution in [1.82, 2.24) is 5.32 Å². The molecule has 3 saturated carbocycles. The van der Waals surface area contributed by atoms with E-state index in [1.54, 1.807) is 7.11 Å². The quantitative estimate of drug-likeness (QED) is 0.877. The third kappa shape index (κ3) is 1.98. The Morgan fingerprint density at radius 2 is 1.95 bits per heavy atom. The van der Waals surface area contributed by atoms with Gasteiger partial charge in [-0.3, -0.25) is 0 Å². The molecule has 2 bridgehead atoms. The maximum atomic E-state index is 13.7. The lowest BCUT2D eigenvalue weighted by atomic mass is 9.92. The first-order valence-corrected chi connectivity index (χ1v) is 8.65. The van der Waals surface area contributed by atoms with Crippen molar-refractivity contribution < 1.29 is 9.13 Å². The van der Waals surface area contributed by atoms with Crippen molar-refractivity contribution in [1.29, 1.82) is 0 Å². The summed E-state index contributed by atoms with van der Waals surface area (Å²) in [7, 11) is 3.63. The lowest BCUT2D eigenvalue weighted by Crippen LogP contribution is -2.22. The Morgan fingerprint density at radius 3 is 2.52 bits per heavy atom. The second-order valence-electron chi connectivity index (χ2n) is 6.84. The second-order valence-corrected chi connectivity index (χ2v) is 7.69. The molecule has 4 rings (SSSR count). The summed E-state index contributed by atoms with van der Waals surface area (Å²) in [4.78, 5) is 0. The molecule has 3 fully saturated rings. The lowest BCUT2D eigenvalue weighted by Gasteiger charge is -2.23. The SMILES string of the molecule is CNC(c1cc(Br)c(F)cc1OC)C1C2C3CCC(C3)C21. The predicted molar refractivity (Wildman–Crippen MR) is 83.8 cm³/mol. The Hall–Kier alpha value is -0.610. The van der Waals surface area contributed by atoms with Crippen LogP contribution >= 0.6 is 15.9 Å². The van der Waals surface area contributed by atoms with Crippen molar-refractivity contribution in [3.05, 3.63) is 28.0 Å². The van der Waals surface area contributed by atoms with Crippen molar-refractivity contribution >= 4 is 15.9 Å². The normalized spacial score (nSPS) is 37.4. The molecule has 21 heavy (non-hydrogen) atoms. The fourth-order valence-corrected chi connectivity index (χ4v) is 5.72. The van der Waals surface area contributed by atoms with Crippen LogP contribution in [-0.2, 0) is 0 Å². The third-order valence-electron chi connectivity index (χ3n) is 6.10. The van der Waals surface area contributed by atoms with Gasteiger partial charge < -0.3 is 10.1 Å². The smallest absolute Gasteiger partial charge is 0.141 e. The highest BCUT2D eigenvalue weighted by Crippen LogP contribution is 2.72. The lowest BCUT2D eigenvalue weighted by molar-refractivity contribution is 0.360. The molecule has 3 aliphatic rings. The molecular weight excluding hydrogens is 333 g/mol. The van der Waals surface area contributed by atoms with E-state index in [2.05, 4.69) is 21.2 Å². The van der Waals surface area contributed by atoms with Gasteiger partial charge in [-0.25, -0.2) is 4.39 Å². The van der Waals surface area contributed by atoms with Crippen LogP contribution in [0, 0.1) is 35.4 Å². The maximum Gasteiger partial charge on any atom is 0.141 e. The molecule has 0 saturated heterocycles. The molecule has 0 amide bonds. The zero-order valence-corrected chi connectivity index (χ0v) is 14.0. The zero-order valence-electron chi connectivity index (χ0n) is 12.4. The van der Waals surface area contributed by atoms with Crippen molar-refractivity contribution in [3.63, 3.8) is 0 Å². The van der Waals surface area contributed by atoms with Gasteiger partial charge in [0.05, 0.1) is 11.6 Å². The number of benzene rings is 1. The summed E-state index contributed by atoms with van der Waals surface area (Å²) < 4.78 is 19.7. The van der Waals surface area contributed by atoms with Gasteiger partial charge in [-0.15, -0.1) is 0 Å². The average Bonchev–Trinajstić information content (AvgIpc) is 2.90. The number of halogens is 2. The highest BCUT2D eigenvalue weighted by atomic mass is 79.9. The van der Waals surface area contributed by atoms with Crippen LogP contribution in [0.15, 0.2) is 16.6 Å². The average molecular weight is 354 g/mol. The Bertz CT molecular complexity index is 562. The number of hydrogen-bond acceptors (Lipinski definition) is 2. The molecule has 3 aliphatic carbocycles. The molecule has 4 heteroatoms. The first-order chi connectivity index (χ1) is 10.2. The molecule has 1 aromatic rings. The van der Waals surface area contributed by atoms with Gasteiger partial charge in [0.1, 0.15) is 11.6 Å². The van der Waals surface area contributed by atoms with Crippen LogP contribution in [0.4, 0.5) is 4.39 Å². The highest BCUT2D eigenvalue weighted by Gasteiger charge is 2.66. The fourth-order valence-electron chi connectivity index (χ4n) is 5.36. The summed E-state index contributed by atoms with van der Waals surface area (Å²) in [5.74, 6) is 4.75. The van der Waals surface area contributed by atoms with Crippen molar-refractivity contribution in [3.8, 4) is 5.75 Å². The topological polar surface area (TPSA) is 21.3 Å². The van der Waals surface area contributed by atoms with Crippen LogP contribution in [0.5, 0.6) is 5.75 Å². The molecule has 5 atom stereocenters. The number of hydrogen-bond donors (Lipinski definition) is 1. The van der Waals surface area contributed by atoms with E-state index in [1.165, 1.54) is 25.3 Å². The molecule has 0 aliphatic heterocycles. The van der Waals surface area contributed by atoms with Gasteiger partial charge in [0.2, 0.25) is 0 Å². The Labute approximate surface area is 133 Å². The van der Waals surface area contributed by atoms with Crippen LogP contribution in [-0.4, -0.2) is 14.2 Å². The molecule has 0 aromatic heterocycles. The molecule has 5 unspecified atom stereocenters. The zero-order chi connectivity index (χ0) is 14.7. The van der Waals surface area contributed by atoms with Crippen LogP contribution in [0.2, 0.25) is 0 Å². The summed E-state index contributed by atoms with van der Waals surface area (Å²) in [6.07, 6.45) is 4.29. The minimum Gasteiger partial charge on any atom is -0.496 e. The van der Waals surface area contributed by atoms with Crippen molar-refractivity contribution in [2.75, 3.05) is 14.2 Å². The number of rotatable bonds is 4. The van der Waals surface area contributed by atoms with Crippen LogP contribution in [0.3, 0.4) is 0 Å². The Balaban J connectivity index is 1.67. The molecule has 0 spiro atoms. The molecule has 0 heterocycles. The van der Waals surface area contributed by atoms with Crippen LogP contribution < -0.4 is 10.1 Å². The van der Waals surface area contributed by atoms with Gasteiger partial charge in [0, 0.05) is 17.7 Å². The van der Waals surface area contributed by atoms with Crippen molar-refractivity contribution in [2.24, 2.45) is 29.6 Å². The van der Waals surface area contributed by atoms with E-state index in [4.69, 9.17) is 4.74 Å². The summed E-state index contributed by atoms with van der Waals surface area (Å²) in [6.45, 7) is 0. The first-order valence-electron chi connectivity index (χ1n) is 7.86. The van der Waals surface area contributed by atoms with Crippen LogP contribution in [0.1, 0.15) is 30.9 Å². The van der Waals surface area contributed by atoms with Gasteiger partial charge in [-0.05, 0) is 77.9 Å². The minimum absolute atomic E-state index is 0.262. The summed E-state index contributed by atoms with van der Waals surface area (Å²) in [5, 5.41) is 3.48. The van der Waals surface area contributed by atoms with Gasteiger partial charge in [-0.1, -0.05) is 0 Å². The number of nitrogens with one attached hydrogen (secondary N) is 1. The van der Waals surface area contributed by atoms with E-state index in [0.29, 0.717) is 16.1 Å². The van der Waals surface area contributed by atoms with Crippen molar-refractivity contribution in [2.45, 2.75) is 25.3 Å². The Morgan fingerprint density at radius 1 is 1.29 bits per heavy atom. The van der Waals surface area contributed by atoms with E-state index in [-0.39, 0.29) is 11.9 Å². The van der Waals surface area contributed by atoms with E-state index in [0.717, 1.165) is 29.2 Å². The van der Waals surface area contributed by atoms with Gasteiger partial charge in [0.15, 0.2) is 0 Å². The largest absolute Gasteiger partial charge is 0.496 e. The highest BCUT2D eigenvalue weighted by molar-refractivity contribution is 9.10. The summed E-state index contributed by atoms with van der Waals surface area (Å²) in [6, 6.07) is 3.66. The van der Waals surface area contributed by atoms with E-state index in [1.807, 2.05) is 13.1 Å². The van der Waals surface area contributed by atoms with Gasteiger partial charge in [0.25, 0.3) is 0 Å². The number of fused-ring (bicyclic) bond motifs is 5. The second kappa shape index (κ2) is 4.95. The molecule has 114 valence electrons. The summed E-state index contributed by atoms with van der Waals surface area (Å²) in [5.41, 5.74) is 1.09. The molecular formula is C17H21BrFNO. The minimum atomic E-state index is -0.262. The maximum absolute atomic E-state index is 13.7. The fraction of sp³-hybridized carbons (Fsp3) is 0.647. The van der Waals surface area contributed by atoms with E-state index < -0.39 is 0 Å². The van der Waals surface area contributed by atoms with E-state index in [9.17, 15) is 4.39 Å². The number of methoxy groups -OCH3 is 1. The molecule has 0 radical (unpaired) electrons. The monoisotopic (exact) mass is 353 g/mol. The standard InChI is InChI=1S/C17H21BrFNO/c1-20-17(10-6-11(18)12(19)7-13(10)21-2)16-14-8-3-4-9(5-8)15(14)16/h6-9,14-17,20H,3-5H2,1-2H3. The predicted octanol–water partition coefficient (Wildman–Crippen LogP) is 4.15. The summed E-state index contributed by atoms with van der Waals surface area (Å²) >= 11 is 3.32. The molecule has 2 nitrogen and oxygen atoms in total. The number of ether oxygens (including phenoxy) is 1. The van der Waals surface area contributed by atoms with Gasteiger partial charge >= 0.3 is 0 Å². The first kappa shape index (κ1) is 14.0. The van der Waals surface area contributed by atoms with E-state index >= 15 is 0 Å². The third-order valence-corrected chi connectivity index (χ3v) is 6.71. The molecule has 1 N–H and O–H groups in total. The molecule has 1 aromatic carbocycles. The van der Waals surface area contributed by atoms with Gasteiger partial charge in [-0.2, -0.15) is 0 Å². The Kier molecular flexibility index (Phi) is 3.30. The van der Waals surface area contributed by atoms with Crippen LogP contribution in [0.25, 0.3) is 0 Å².